The molecule has 0 saturated carbocycles. The van der Waals surface area contributed by atoms with E-state index in [1.807, 2.05) is 14.0 Å². The lowest BCUT2D eigenvalue weighted by Gasteiger charge is -2.04. The Hall–Kier alpha value is -2.12. The summed E-state index contributed by atoms with van der Waals surface area (Å²) in [5, 5.41) is 20.7. The smallest absolute Gasteiger partial charge is 0.193 e. The number of nitrogen functional groups attached to an aromatic ring is 1. The molecule has 8 heteroatoms. The lowest BCUT2D eigenvalue weighted by atomic mass is 10.4. The molecule has 0 aliphatic carbocycles. The van der Waals surface area contributed by atoms with E-state index in [0.717, 1.165) is 11.5 Å². The SMILES string of the molecule is Cc1nn(C)c(NCc2nn[nH]n2)c1N. The predicted octanol–water partition coefficient (Wildman–Crippen LogP) is -0.564. The van der Waals surface area contributed by atoms with Crippen LogP contribution in [-0.4, -0.2) is 30.4 Å². The van der Waals surface area contributed by atoms with E-state index < -0.39 is 0 Å². The van der Waals surface area contributed by atoms with Crippen LogP contribution in [0, 0.1) is 6.92 Å². The number of nitrogens with zero attached hydrogens (tertiary/aromatic N) is 5. The minimum Gasteiger partial charge on any atom is -0.394 e. The third kappa shape index (κ3) is 1.73. The molecule has 0 bridgehead atoms. The second-order valence-electron chi connectivity index (χ2n) is 3.15. The molecule has 8 nitrogen and oxygen atoms in total. The van der Waals surface area contributed by atoms with E-state index in [4.69, 9.17) is 5.73 Å². The zero-order valence-corrected chi connectivity index (χ0v) is 8.52. The number of hydrogen-bond donors (Lipinski definition) is 3. The van der Waals surface area contributed by atoms with E-state index in [1.54, 1.807) is 4.68 Å². The van der Waals surface area contributed by atoms with E-state index >= 15 is 0 Å². The summed E-state index contributed by atoms with van der Waals surface area (Å²) in [5.41, 5.74) is 7.27. The molecule has 0 fully saturated rings. The Morgan fingerprint density at radius 2 is 2.33 bits per heavy atom. The minimum absolute atomic E-state index is 0.458. The fraction of sp³-hybridized carbons (Fsp3) is 0.429. The average Bonchev–Trinajstić information content (AvgIpc) is 2.76. The molecule has 2 heterocycles. The molecule has 0 unspecified atom stereocenters. The molecule has 0 spiro atoms. The molecule has 4 N–H and O–H groups in total. The number of aryl methyl sites for hydroxylation is 2. The van der Waals surface area contributed by atoms with Crippen molar-refractivity contribution in [3.8, 4) is 0 Å². The number of nitrogens with two attached hydrogens (primary N) is 1. The quantitative estimate of drug-likeness (QED) is 0.623. The molecule has 0 atom stereocenters. The highest BCUT2D eigenvalue weighted by Gasteiger charge is 2.09. The van der Waals surface area contributed by atoms with Gasteiger partial charge in [0.15, 0.2) is 5.82 Å². The number of H-pyrrole nitrogens is 1. The highest BCUT2D eigenvalue weighted by molar-refractivity contribution is 5.64. The zero-order valence-electron chi connectivity index (χ0n) is 8.52. The highest BCUT2D eigenvalue weighted by Crippen LogP contribution is 2.20. The van der Waals surface area contributed by atoms with Gasteiger partial charge >= 0.3 is 0 Å². The van der Waals surface area contributed by atoms with Crippen LogP contribution in [0.5, 0.6) is 0 Å². The molecule has 15 heavy (non-hydrogen) atoms. The molecular formula is C7H12N8. The first-order valence-corrected chi connectivity index (χ1v) is 4.43. The van der Waals surface area contributed by atoms with Gasteiger partial charge in [0.05, 0.1) is 17.9 Å². The highest BCUT2D eigenvalue weighted by atomic mass is 15.5. The van der Waals surface area contributed by atoms with Crippen molar-refractivity contribution in [2.24, 2.45) is 7.05 Å². The Labute approximate surface area is 85.9 Å². The largest absolute Gasteiger partial charge is 0.394 e. The molecule has 80 valence electrons. The number of tetrazole rings is 1. The molecular weight excluding hydrogens is 196 g/mol. The lowest BCUT2D eigenvalue weighted by Crippen LogP contribution is -2.07. The summed E-state index contributed by atoms with van der Waals surface area (Å²) < 4.78 is 1.69. The van der Waals surface area contributed by atoms with E-state index in [1.165, 1.54) is 0 Å². The third-order valence-electron chi connectivity index (χ3n) is 2.07. The average molecular weight is 208 g/mol. The van der Waals surface area contributed by atoms with Crippen molar-refractivity contribution >= 4 is 11.5 Å². The Bertz CT molecular complexity index is 442. The van der Waals surface area contributed by atoms with Gasteiger partial charge in [-0.25, -0.2) is 0 Å². The molecule has 0 aliphatic rings. The molecule has 0 saturated heterocycles. The van der Waals surface area contributed by atoms with Gasteiger partial charge in [0.25, 0.3) is 0 Å². The van der Waals surface area contributed by atoms with E-state index in [2.05, 4.69) is 31.0 Å². The first kappa shape index (κ1) is 9.44. The van der Waals surface area contributed by atoms with E-state index in [9.17, 15) is 0 Å². The van der Waals surface area contributed by atoms with Gasteiger partial charge in [-0.1, -0.05) is 5.21 Å². The van der Waals surface area contributed by atoms with Crippen molar-refractivity contribution in [2.75, 3.05) is 11.1 Å². The van der Waals surface area contributed by atoms with Crippen LogP contribution in [0.2, 0.25) is 0 Å². The predicted molar refractivity (Wildman–Crippen MR) is 53.9 cm³/mol. The van der Waals surface area contributed by atoms with E-state index in [-0.39, 0.29) is 0 Å². The van der Waals surface area contributed by atoms with Crippen LogP contribution in [0.4, 0.5) is 11.5 Å². The van der Waals surface area contributed by atoms with Gasteiger partial charge < -0.3 is 11.1 Å². The molecule has 2 aromatic heterocycles. The fourth-order valence-corrected chi connectivity index (χ4v) is 1.30. The van der Waals surface area contributed by atoms with Crippen LogP contribution >= 0.6 is 0 Å². The van der Waals surface area contributed by atoms with Gasteiger partial charge in [-0.05, 0) is 6.92 Å². The summed E-state index contributed by atoms with van der Waals surface area (Å²) in [6.45, 7) is 2.31. The van der Waals surface area contributed by atoms with Gasteiger partial charge in [-0.15, -0.1) is 10.2 Å². The summed E-state index contributed by atoms with van der Waals surface area (Å²) in [5.74, 6) is 1.34. The van der Waals surface area contributed by atoms with Gasteiger partial charge in [0.1, 0.15) is 5.82 Å². The maximum Gasteiger partial charge on any atom is 0.193 e. The van der Waals surface area contributed by atoms with Crippen molar-refractivity contribution in [1.29, 1.82) is 0 Å². The van der Waals surface area contributed by atoms with Crippen LogP contribution in [0.3, 0.4) is 0 Å². The second-order valence-corrected chi connectivity index (χ2v) is 3.15. The summed E-state index contributed by atoms with van der Waals surface area (Å²) >= 11 is 0. The van der Waals surface area contributed by atoms with Gasteiger partial charge in [-0.2, -0.15) is 10.3 Å². The topological polar surface area (TPSA) is 110 Å². The minimum atomic E-state index is 0.458. The maximum atomic E-state index is 5.83. The maximum absolute atomic E-state index is 5.83. The monoisotopic (exact) mass is 208 g/mol. The van der Waals surface area contributed by atoms with Crippen molar-refractivity contribution < 1.29 is 0 Å². The summed E-state index contributed by atoms with van der Waals surface area (Å²) in [6.07, 6.45) is 0. The van der Waals surface area contributed by atoms with Crippen LogP contribution in [0.25, 0.3) is 0 Å². The molecule has 0 aromatic carbocycles. The fourth-order valence-electron chi connectivity index (χ4n) is 1.30. The molecule has 2 rings (SSSR count). The van der Waals surface area contributed by atoms with Gasteiger partial charge in [-0.3, -0.25) is 4.68 Å². The van der Waals surface area contributed by atoms with Crippen LogP contribution in [0.1, 0.15) is 11.5 Å². The molecule has 2 aromatic rings. The lowest BCUT2D eigenvalue weighted by molar-refractivity contribution is 0.755. The number of aromatic amines is 1. The molecule has 0 amide bonds. The Kier molecular flexibility index (Phi) is 2.24. The first-order valence-electron chi connectivity index (χ1n) is 4.43. The van der Waals surface area contributed by atoms with Gasteiger partial charge in [0.2, 0.25) is 0 Å². The van der Waals surface area contributed by atoms with Crippen molar-refractivity contribution in [2.45, 2.75) is 13.5 Å². The standard InChI is InChI=1S/C7H12N8/c1-4-6(8)7(15(2)12-4)9-3-5-10-13-14-11-5/h9H,3,8H2,1-2H3,(H,10,11,13,14). The summed E-state index contributed by atoms with van der Waals surface area (Å²) in [7, 11) is 1.82. The Morgan fingerprint density at radius 3 is 2.87 bits per heavy atom. The Morgan fingerprint density at radius 1 is 1.53 bits per heavy atom. The van der Waals surface area contributed by atoms with E-state index in [0.29, 0.717) is 18.1 Å². The number of aromatic nitrogens is 6. The van der Waals surface area contributed by atoms with Gasteiger partial charge in [0, 0.05) is 7.05 Å². The normalized spacial score (nSPS) is 10.5. The van der Waals surface area contributed by atoms with Crippen molar-refractivity contribution in [3.05, 3.63) is 11.5 Å². The Balaban J connectivity index is 2.11. The van der Waals surface area contributed by atoms with Crippen molar-refractivity contribution in [3.63, 3.8) is 0 Å². The second kappa shape index (κ2) is 3.56. The van der Waals surface area contributed by atoms with Crippen molar-refractivity contribution in [1.82, 2.24) is 30.4 Å². The van der Waals surface area contributed by atoms with Crippen LogP contribution in [-0.2, 0) is 13.6 Å². The molecule has 0 radical (unpaired) electrons. The van der Waals surface area contributed by atoms with Crippen LogP contribution in [0.15, 0.2) is 0 Å². The number of anilines is 2. The summed E-state index contributed by atoms with van der Waals surface area (Å²) in [4.78, 5) is 0. The van der Waals surface area contributed by atoms with Crippen LogP contribution < -0.4 is 11.1 Å². The first-order chi connectivity index (χ1) is 7.18. The number of nitrogens with one attached hydrogen (secondary N) is 2. The third-order valence-corrected chi connectivity index (χ3v) is 2.07. The number of hydrogen-bond acceptors (Lipinski definition) is 6. The number of rotatable bonds is 3. The summed E-state index contributed by atoms with van der Waals surface area (Å²) in [6, 6.07) is 0. The molecule has 0 aliphatic heterocycles. The zero-order chi connectivity index (χ0) is 10.8.